The van der Waals surface area contributed by atoms with E-state index in [2.05, 4.69) is 2.60 Å². The van der Waals surface area contributed by atoms with Crippen LogP contribution in [-0.2, 0) is 7.31 Å². The summed E-state index contributed by atoms with van der Waals surface area (Å²) < 4.78 is 13.1. The summed E-state index contributed by atoms with van der Waals surface area (Å²) in [7, 11) is 0.474. The van der Waals surface area contributed by atoms with Crippen molar-refractivity contribution in [2.75, 3.05) is 0 Å². The summed E-state index contributed by atoms with van der Waals surface area (Å²) in [6.45, 7) is 0. The van der Waals surface area contributed by atoms with Crippen molar-refractivity contribution in [1.29, 1.82) is 0 Å². The maximum atomic E-state index is 9.01. The van der Waals surface area contributed by atoms with Crippen molar-refractivity contribution >= 4 is 33.6 Å². The predicted octanol–water partition coefficient (Wildman–Crippen LogP) is -1.48. The van der Waals surface area contributed by atoms with Crippen LogP contribution in [0.5, 0.6) is 0 Å². The van der Waals surface area contributed by atoms with Gasteiger partial charge >= 0.3 is 40.9 Å². The van der Waals surface area contributed by atoms with Crippen LogP contribution >= 0.6 is 0 Å². The molecule has 2 nitrogen and oxygen atoms in total. The molecule has 4 heavy (non-hydrogen) atoms. The van der Waals surface area contributed by atoms with Crippen LogP contribution in [0.3, 0.4) is 0 Å². The fourth-order valence-corrected chi connectivity index (χ4v) is 0. The van der Waals surface area contributed by atoms with Crippen LogP contribution in [0.15, 0.2) is 0 Å². The van der Waals surface area contributed by atoms with Gasteiger partial charge in [-0.25, -0.2) is 0 Å². The molecule has 0 radical (unpaired) electrons. The summed E-state index contributed by atoms with van der Waals surface area (Å²) in [5.41, 5.74) is 0. The van der Waals surface area contributed by atoms with Crippen LogP contribution in [0.2, 0.25) is 0 Å². The molecule has 0 fully saturated rings. The first-order chi connectivity index (χ1) is 1.91. The molecule has 0 aliphatic rings. The third kappa shape index (κ3) is 2.59. The van der Waals surface area contributed by atoms with Crippen molar-refractivity contribution in [2.24, 2.45) is 0 Å². The van der Waals surface area contributed by atoms with E-state index in [1.807, 2.05) is 0 Å². The van der Waals surface area contributed by atoms with Crippen LogP contribution in [0.4, 0.5) is 0 Å². The molecule has 0 aromatic rings. The van der Waals surface area contributed by atoms with Crippen molar-refractivity contribution in [3.05, 3.63) is 0 Å². The topological polar surface area (TPSA) is 26.3 Å². The summed E-state index contributed by atoms with van der Waals surface area (Å²) in [6.07, 6.45) is 0. The Labute approximate surface area is 41.2 Å². The zero-order valence-electron chi connectivity index (χ0n) is 2.39. The number of hydrogen-bond donors (Lipinski definition) is 0. The second-order valence-electron chi connectivity index (χ2n) is 0.332. The molecule has 0 aliphatic heterocycles. The van der Waals surface area contributed by atoms with Crippen LogP contribution in [0, 0.1) is 0 Å². The molecule has 0 saturated heterocycles. The molecule has 0 aliphatic carbocycles. The van der Waals surface area contributed by atoms with E-state index in [0.717, 1.165) is 0 Å². The second kappa shape index (κ2) is 3.59. The van der Waals surface area contributed by atoms with Gasteiger partial charge in [-0.1, -0.05) is 0 Å². The molecule has 20 valence electrons. The van der Waals surface area contributed by atoms with Gasteiger partial charge in [-0.2, -0.15) is 0 Å². The summed E-state index contributed by atoms with van der Waals surface area (Å²) in [4.78, 5) is 0. The first-order valence-electron chi connectivity index (χ1n) is 0.880. The number of hydrogen-bond acceptors (Lipinski definition) is 2. The third-order valence-corrected chi connectivity index (χ3v) is 0.844. The van der Waals surface area contributed by atoms with E-state index < -0.39 is 0 Å². The summed E-state index contributed by atoms with van der Waals surface area (Å²) >= 11 is 0.0471. The third-order valence-electron chi connectivity index (χ3n) is 0.0962. The predicted molar refractivity (Wildman–Crippen MR) is 16.1 cm³/mol. The van der Waals surface area contributed by atoms with E-state index in [0.29, 0.717) is 7.35 Å². The molecule has 0 aromatic carbocycles. The Morgan fingerprint density at radius 2 is 2.25 bits per heavy atom. The van der Waals surface area contributed by atoms with Gasteiger partial charge in [0.1, 0.15) is 0 Å². The normalized spacial score (nSPS) is 4.00. The quantitative estimate of drug-likeness (QED) is 0.530. The average Bonchev–Trinajstić information content (AvgIpc) is 1.37. The fourth-order valence-electron chi connectivity index (χ4n) is 0. The molecular formula is H2BO2Tl. The first kappa shape index (κ1) is 4.59. The Morgan fingerprint density at radius 1 is 2.00 bits per heavy atom. The Kier molecular flexibility index (Phi) is 4.11. The SMILES string of the molecule is O=B[O][TlH2]. The van der Waals surface area contributed by atoms with Crippen molar-refractivity contribution < 1.29 is 7.31 Å². The Bertz CT molecular complexity index is 20.0. The molecule has 0 atom stereocenters. The van der Waals surface area contributed by atoms with Gasteiger partial charge in [0, 0.05) is 0 Å². The molecule has 0 amide bonds. The van der Waals surface area contributed by atoms with Gasteiger partial charge in [-0.15, -0.1) is 0 Å². The summed E-state index contributed by atoms with van der Waals surface area (Å²) in [6, 6.07) is 0. The van der Waals surface area contributed by atoms with Gasteiger partial charge in [0.05, 0.1) is 0 Å². The van der Waals surface area contributed by atoms with E-state index in [1.165, 1.54) is 0 Å². The monoisotopic (exact) mass is 250 g/mol. The minimum absolute atomic E-state index is 0.0471. The van der Waals surface area contributed by atoms with Crippen molar-refractivity contribution in [2.45, 2.75) is 0 Å². The Morgan fingerprint density at radius 3 is 2.25 bits per heavy atom. The first-order valence-corrected chi connectivity index (χ1v) is 4.05. The van der Waals surface area contributed by atoms with E-state index in [9.17, 15) is 0 Å². The van der Waals surface area contributed by atoms with Gasteiger partial charge in [0.2, 0.25) is 0 Å². The van der Waals surface area contributed by atoms with Gasteiger partial charge < -0.3 is 0 Å². The van der Waals surface area contributed by atoms with Gasteiger partial charge in [0.25, 0.3) is 0 Å². The number of rotatable bonds is 1. The van der Waals surface area contributed by atoms with Crippen molar-refractivity contribution in [3.8, 4) is 0 Å². The molecule has 0 N–H and O–H groups in total. The molecule has 0 bridgehead atoms. The van der Waals surface area contributed by atoms with Crippen LogP contribution < -0.4 is 0 Å². The molecule has 0 rings (SSSR count). The van der Waals surface area contributed by atoms with E-state index in [1.54, 1.807) is 0 Å². The average molecular weight is 249 g/mol. The van der Waals surface area contributed by atoms with E-state index >= 15 is 0 Å². The molecule has 0 heterocycles. The molecule has 0 saturated carbocycles. The van der Waals surface area contributed by atoms with Gasteiger partial charge in [0.15, 0.2) is 0 Å². The van der Waals surface area contributed by atoms with Gasteiger partial charge in [-0.3, -0.25) is 0 Å². The van der Waals surface area contributed by atoms with Crippen LogP contribution in [0.25, 0.3) is 0 Å². The standard InChI is InChI=1S/BO2.Tl.2H/c2-1-3;;;/q-1;+1;;. The van der Waals surface area contributed by atoms with Crippen LogP contribution in [-0.4, -0.2) is 33.6 Å². The zero-order chi connectivity index (χ0) is 3.41. The summed E-state index contributed by atoms with van der Waals surface area (Å²) in [5.74, 6) is 0. The van der Waals surface area contributed by atoms with Crippen LogP contribution in [0.1, 0.15) is 0 Å². The zero-order valence-corrected chi connectivity index (χ0v) is 10.2. The molecule has 0 unspecified atom stereocenters. The van der Waals surface area contributed by atoms with Gasteiger partial charge in [-0.05, 0) is 0 Å². The molecule has 0 spiro atoms. The van der Waals surface area contributed by atoms with E-state index in [-0.39, 0.29) is 26.2 Å². The maximum absolute atomic E-state index is 9.01. The Balaban J connectivity index is 2.30. The minimum atomic E-state index is 0.0471. The second-order valence-corrected chi connectivity index (χ2v) is 2.16. The molecular weight excluding hydrogens is 247 g/mol. The van der Waals surface area contributed by atoms with E-state index in [4.69, 9.17) is 4.70 Å². The van der Waals surface area contributed by atoms with Crippen molar-refractivity contribution in [3.63, 3.8) is 0 Å². The molecule has 4 heteroatoms. The van der Waals surface area contributed by atoms with Crippen molar-refractivity contribution in [1.82, 2.24) is 0 Å². The Hall–Kier alpha value is 0.587. The summed E-state index contributed by atoms with van der Waals surface area (Å²) in [5, 5.41) is 0. The fraction of sp³-hybridized carbons (Fsp3) is 0. The molecule has 0 aromatic heterocycles.